The fourth-order valence-electron chi connectivity index (χ4n) is 1.72. The van der Waals surface area contributed by atoms with Gasteiger partial charge in [0.05, 0.1) is 6.04 Å². The van der Waals surface area contributed by atoms with Gasteiger partial charge in [-0.25, -0.2) is 0 Å². The molecule has 0 bridgehead atoms. The fraction of sp³-hybridized carbons (Fsp3) is 0.778. The van der Waals surface area contributed by atoms with E-state index in [-0.39, 0.29) is 36.9 Å². The van der Waals surface area contributed by atoms with Gasteiger partial charge in [-0.1, -0.05) is 6.92 Å². The molecule has 1 rings (SSSR count). The maximum absolute atomic E-state index is 11.6. The second kappa shape index (κ2) is 4.52. The van der Waals surface area contributed by atoms with Gasteiger partial charge in [-0.2, -0.15) is 0 Å². The lowest BCUT2D eigenvalue weighted by molar-refractivity contribution is -0.152. The molecule has 5 nitrogen and oxygen atoms in total. The molecule has 1 saturated heterocycles. The lowest BCUT2D eigenvalue weighted by Crippen LogP contribution is -2.54. The van der Waals surface area contributed by atoms with Crippen molar-refractivity contribution in [1.29, 1.82) is 0 Å². The third-order valence-corrected chi connectivity index (χ3v) is 2.49. The highest BCUT2D eigenvalue weighted by Crippen LogP contribution is 2.20. The second-order valence-electron chi connectivity index (χ2n) is 3.80. The molecule has 0 aliphatic carbocycles. The van der Waals surface area contributed by atoms with E-state index in [0.29, 0.717) is 12.8 Å². The van der Waals surface area contributed by atoms with Crippen molar-refractivity contribution in [2.75, 3.05) is 13.1 Å². The van der Waals surface area contributed by atoms with E-state index in [1.54, 1.807) is 0 Å². The lowest BCUT2D eigenvalue weighted by Gasteiger charge is -2.33. The Morgan fingerprint density at radius 2 is 1.71 bits per heavy atom. The van der Waals surface area contributed by atoms with E-state index in [1.807, 2.05) is 6.92 Å². The zero-order valence-electron chi connectivity index (χ0n) is 8.40. The summed E-state index contributed by atoms with van der Waals surface area (Å²) in [5, 5.41) is 0. The van der Waals surface area contributed by atoms with Crippen molar-refractivity contribution in [3.05, 3.63) is 0 Å². The molecule has 4 N–H and O–H groups in total. The standard InChI is InChI=1S/C9H17N3O2/c1-6-2-8(13)12(9(14)3-6)7(4-10)5-11/h6-7H,2-5,10-11H2,1H3. The van der Waals surface area contributed by atoms with E-state index in [0.717, 1.165) is 0 Å². The molecular formula is C9H17N3O2. The van der Waals surface area contributed by atoms with Crippen molar-refractivity contribution in [2.45, 2.75) is 25.8 Å². The van der Waals surface area contributed by atoms with Crippen LogP contribution in [-0.4, -0.2) is 35.8 Å². The highest BCUT2D eigenvalue weighted by Gasteiger charge is 2.34. The predicted octanol–water partition coefficient (Wildman–Crippen LogP) is -0.942. The first kappa shape index (κ1) is 11.1. The Labute approximate surface area is 83.4 Å². The van der Waals surface area contributed by atoms with Crippen LogP contribution in [0.1, 0.15) is 19.8 Å². The van der Waals surface area contributed by atoms with Crippen LogP contribution in [0.5, 0.6) is 0 Å². The summed E-state index contributed by atoms with van der Waals surface area (Å²) in [5.74, 6) is -0.147. The Morgan fingerprint density at radius 3 is 2.07 bits per heavy atom. The van der Waals surface area contributed by atoms with Crippen molar-refractivity contribution in [2.24, 2.45) is 17.4 Å². The molecule has 0 radical (unpaired) electrons. The Balaban J connectivity index is 2.76. The summed E-state index contributed by atoms with van der Waals surface area (Å²) in [6.07, 6.45) is 0.838. The van der Waals surface area contributed by atoms with E-state index in [9.17, 15) is 9.59 Å². The Morgan fingerprint density at radius 1 is 1.29 bits per heavy atom. The van der Waals surface area contributed by atoms with Crippen LogP contribution in [0.25, 0.3) is 0 Å². The molecule has 1 aliphatic rings. The summed E-state index contributed by atoms with van der Waals surface area (Å²) in [6.45, 7) is 2.37. The summed E-state index contributed by atoms with van der Waals surface area (Å²) < 4.78 is 0. The number of hydrogen-bond acceptors (Lipinski definition) is 4. The Hall–Kier alpha value is -0.940. The quantitative estimate of drug-likeness (QED) is 0.574. The first-order chi connectivity index (χ1) is 6.60. The van der Waals surface area contributed by atoms with Crippen molar-refractivity contribution >= 4 is 11.8 Å². The number of nitrogens with two attached hydrogens (primary N) is 2. The first-order valence-corrected chi connectivity index (χ1v) is 4.85. The van der Waals surface area contributed by atoms with Crippen LogP contribution in [0.2, 0.25) is 0 Å². The number of nitrogens with zero attached hydrogens (tertiary/aromatic N) is 1. The monoisotopic (exact) mass is 199 g/mol. The Bertz CT molecular complexity index is 220. The zero-order chi connectivity index (χ0) is 10.7. The van der Waals surface area contributed by atoms with Gasteiger partial charge in [0.1, 0.15) is 0 Å². The second-order valence-corrected chi connectivity index (χ2v) is 3.80. The highest BCUT2D eigenvalue weighted by atomic mass is 16.2. The van der Waals surface area contributed by atoms with Gasteiger partial charge < -0.3 is 11.5 Å². The number of amides is 2. The minimum atomic E-state index is -0.331. The molecule has 1 fully saturated rings. The third kappa shape index (κ3) is 2.10. The SMILES string of the molecule is CC1CC(=O)N(C(CN)CN)C(=O)C1. The van der Waals surface area contributed by atoms with Crippen molar-refractivity contribution in [3.8, 4) is 0 Å². The molecule has 0 spiro atoms. The maximum atomic E-state index is 11.6. The first-order valence-electron chi connectivity index (χ1n) is 4.85. The number of piperidine rings is 1. The molecule has 2 amide bonds. The largest absolute Gasteiger partial charge is 0.328 e. The molecular weight excluding hydrogens is 182 g/mol. The Kier molecular flexibility index (Phi) is 3.60. The summed E-state index contributed by atoms with van der Waals surface area (Å²) >= 11 is 0. The van der Waals surface area contributed by atoms with Crippen LogP contribution in [-0.2, 0) is 9.59 Å². The minimum absolute atomic E-state index is 0.141. The number of hydrogen-bond donors (Lipinski definition) is 2. The van der Waals surface area contributed by atoms with E-state index < -0.39 is 0 Å². The van der Waals surface area contributed by atoms with Gasteiger partial charge in [0.25, 0.3) is 0 Å². The number of imide groups is 1. The average Bonchev–Trinajstić information content (AvgIpc) is 2.10. The lowest BCUT2D eigenvalue weighted by atomic mass is 9.96. The fourth-order valence-corrected chi connectivity index (χ4v) is 1.72. The molecule has 0 aromatic carbocycles. The van der Waals surface area contributed by atoms with Crippen LogP contribution in [0, 0.1) is 5.92 Å². The molecule has 0 saturated carbocycles. The molecule has 0 aromatic rings. The van der Waals surface area contributed by atoms with E-state index in [2.05, 4.69) is 0 Å². The van der Waals surface area contributed by atoms with Crippen LogP contribution in [0.3, 0.4) is 0 Å². The summed E-state index contributed by atoms with van der Waals surface area (Å²) in [6, 6.07) is -0.331. The molecule has 0 atom stereocenters. The molecule has 5 heteroatoms. The van der Waals surface area contributed by atoms with Crippen molar-refractivity contribution < 1.29 is 9.59 Å². The van der Waals surface area contributed by atoms with Gasteiger partial charge in [-0.15, -0.1) is 0 Å². The number of likely N-dealkylation sites (tertiary alicyclic amines) is 1. The zero-order valence-corrected chi connectivity index (χ0v) is 8.40. The summed E-state index contributed by atoms with van der Waals surface area (Å²) in [4.78, 5) is 24.4. The third-order valence-electron chi connectivity index (χ3n) is 2.49. The topological polar surface area (TPSA) is 89.4 Å². The molecule has 14 heavy (non-hydrogen) atoms. The molecule has 1 aliphatic heterocycles. The van der Waals surface area contributed by atoms with Gasteiger partial charge >= 0.3 is 0 Å². The van der Waals surface area contributed by atoms with Gasteiger partial charge in [-0.3, -0.25) is 14.5 Å². The normalized spacial score (nSPS) is 19.6. The number of carbonyl (C=O) groups is 2. The van der Waals surface area contributed by atoms with E-state index >= 15 is 0 Å². The highest BCUT2D eigenvalue weighted by molar-refractivity contribution is 5.98. The van der Waals surface area contributed by atoms with Gasteiger partial charge in [0, 0.05) is 25.9 Å². The smallest absolute Gasteiger partial charge is 0.229 e. The number of carbonyl (C=O) groups excluding carboxylic acids is 2. The number of rotatable bonds is 3. The van der Waals surface area contributed by atoms with Crippen LogP contribution in [0.15, 0.2) is 0 Å². The van der Waals surface area contributed by atoms with Crippen LogP contribution >= 0.6 is 0 Å². The molecule has 1 heterocycles. The van der Waals surface area contributed by atoms with Gasteiger partial charge in [0.15, 0.2) is 0 Å². The maximum Gasteiger partial charge on any atom is 0.229 e. The summed E-state index contributed by atoms with van der Waals surface area (Å²) in [7, 11) is 0. The van der Waals surface area contributed by atoms with Crippen LogP contribution < -0.4 is 11.5 Å². The van der Waals surface area contributed by atoms with Crippen molar-refractivity contribution in [3.63, 3.8) is 0 Å². The van der Waals surface area contributed by atoms with Crippen molar-refractivity contribution in [1.82, 2.24) is 4.90 Å². The van der Waals surface area contributed by atoms with Crippen LogP contribution in [0.4, 0.5) is 0 Å². The van der Waals surface area contributed by atoms with E-state index in [4.69, 9.17) is 11.5 Å². The molecule has 0 unspecified atom stereocenters. The average molecular weight is 199 g/mol. The summed E-state index contributed by atoms with van der Waals surface area (Å²) in [5.41, 5.74) is 10.9. The van der Waals surface area contributed by atoms with E-state index in [1.165, 1.54) is 4.90 Å². The molecule has 80 valence electrons. The van der Waals surface area contributed by atoms with Gasteiger partial charge in [0.2, 0.25) is 11.8 Å². The van der Waals surface area contributed by atoms with Gasteiger partial charge in [-0.05, 0) is 5.92 Å². The predicted molar refractivity (Wildman–Crippen MR) is 52.1 cm³/mol. The minimum Gasteiger partial charge on any atom is -0.328 e. The molecule has 0 aromatic heterocycles.